The molecule has 1 aromatic carbocycles. The lowest BCUT2D eigenvalue weighted by atomic mass is 10.2. The van der Waals surface area contributed by atoms with Gasteiger partial charge in [-0.3, -0.25) is 4.98 Å². The second-order valence-corrected chi connectivity index (χ2v) is 4.87. The van der Waals surface area contributed by atoms with E-state index in [1.807, 2.05) is 12.1 Å². The van der Waals surface area contributed by atoms with Gasteiger partial charge in [0.1, 0.15) is 5.82 Å². The van der Waals surface area contributed by atoms with Crippen molar-refractivity contribution in [2.24, 2.45) is 0 Å². The summed E-state index contributed by atoms with van der Waals surface area (Å²) in [7, 11) is 3.15. The predicted octanol–water partition coefficient (Wildman–Crippen LogP) is 2.24. The first-order chi connectivity index (χ1) is 11.2. The van der Waals surface area contributed by atoms with Gasteiger partial charge in [0.05, 0.1) is 19.7 Å². The molecule has 2 heterocycles. The van der Waals surface area contributed by atoms with Crippen molar-refractivity contribution >= 4 is 22.7 Å². The Labute approximate surface area is 133 Å². The van der Waals surface area contributed by atoms with Gasteiger partial charge in [0, 0.05) is 30.4 Å². The van der Waals surface area contributed by atoms with Gasteiger partial charge in [0.15, 0.2) is 11.5 Å². The zero-order valence-corrected chi connectivity index (χ0v) is 12.9. The van der Waals surface area contributed by atoms with Gasteiger partial charge in [-0.15, -0.1) is 0 Å². The molecule has 23 heavy (non-hydrogen) atoms. The molecule has 0 spiro atoms. The van der Waals surface area contributed by atoms with E-state index in [2.05, 4.69) is 20.3 Å². The molecule has 0 saturated heterocycles. The monoisotopic (exact) mass is 311 g/mol. The number of aromatic nitrogens is 3. The van der Waals surface area contributed by atoms with Crippen LogP contribution < -0.4 is 20.5 Å². The summed E-state index contributed by atoms with van der Waals surface area (Å²) in [4.78, 5) is 12.8. The van der Waals surface area contributed by atoms with E-state index in [1.165, 1.54) is 0 Å². The summed E-state index contributed by atoms with van der Waals surface area (Å²) >= 11 is 0. The van der Waals surface area contributed by atoms with Crippen molar-refractivity contribution in [3.8, 4) is 11.5 Å². The minimum Gasteiger partial charge on any atom is -0.493 e. The number of nitrogens with one attached hydrogen (secondary N) is 1. The van der Waals surface area contributed by atoms with Gasteiger partial charge in [-0.05, 0) is 17.7 Å². The molecule has 0 fully saturated rings. The van der Waals surface area contributed by atoms with Crippen molar-refractivity contribution in [2.75, 3.05) is 25.3 Å². The molecule has 0 radical (unpaired) electrons. The second-order valence-electron chi connectivity index (χ2n) is 4.87. The average Bonchev–Trinajstić information content (AvgIpc) is 2.59. The molecule has 0 atom stereocenters. The van der Waals surface area contributed by atoms with Gasteiger partial charge in [-0.25, -0.2) is 4.98 Å². The normalized spacial score (nSPS) is 10.5. The minimum atomic E-state index is 0.379. The summed E-state index contributed by atoms with van der Waals surface area (Å²) in [6.07, 6.45) is 3.51. The fourth-order valence-electron chi connectivity index (χ4n) is 2.24. The van der Waals surface area contributed by atoms with Gasteiger partial charge in [0.2, 0.25) is 5.95 Å². The van der Waals surface area contributed by atoms with Crippen LogP contribution in [-0.4, -0.2) is 29.2 Å². The van der Waals surface area contributed by atoms with Crippen LogP contribution in [0, 0.1) is 0 Å². The number of anilines is 2. The number of nitrogen functional groups attached to an aromatic ring is 1. The van der Waals surface area contributed by atoms with E-state index < -0.39 is 0 Å². The molecule has 0 bridgehead atoms. The van der Waals surface area contributed by atoms with E-state index in [4.69, 9.17) is 15.2 Å². The van der Waals surface area contributed by atoms with Crippen molar-refractivity contribution in [3.05, 3.63) is 42.2 Å². The van der Waals surface area contributed by atoms with Gasteiger partial charge >= 0.3 is 0 Å². The van der Waals surface area contributed by atoms with Gasteiger partial charge in [0.25, 0.3) is 0 Å². The lowest BCUT2D eigenvalue weighted by molar-refractivity contribution is 0.356. The van der Waals surface area contributed by atoms with Gasteiger partial charge in [-0.1, -0.05) is 6.07 Å². The Morgan fingerprint density at radius 2 is 1.91 bits per heavy atom. The van der Waals surface area contributed by atoms with Gasteiger partial charge < -0.3 is 20.5 Å². The smallest absolute Gasteiger partial charge is 0.225 e. The van der Waals surface area contributed by atoms with Crippen LogP contribution in [0.1, 0.15) is 5.56 Å². The number of ether oxygens (including phenoxy) is 2. The number of rotatable bonds is 5. The molecule has 3 aromatic rings. The largest absolute Gasteiger partial charge is 0.493 e. The topological polar surface area (TPSA) is 95.2 Å². The zero-order valence-electron chi connectivity index (χ0n) is 12.9. The van der Waals surface area contributed by atoms with Crippen molar-refractivity contribution in [1.29, 1.82) is 0 Å². The summed E-state index contributed by atoms with van der Waals surface area (Å²) < 4.78 is 10.6. The quantitative estimate of drug-likeness (QED) is 0.746. The fourth-order valence-corrected chi connectivity index (χ4v) is 2.24. The molecule has 3 N–H and O–H groups in total. The number of nitrogens with two attached hydrogens (primary N) is 1. The molecule has 0 aliphatic carbocycles. The highest BCUT2D eigenvalue weighted by molar-refractivity contribution is 5.91. The van der Waals surface area contributed by atoms with Crippen LogP contribution in [0.2, 0.25) is 0 Å². The van der Waals surface area contributed by atoms with Gasteiger partial charge in [-0.2, -0.15) is 4.98 Å². The van der Waals surface area contributed by atoms with E-state index in [0.717, 1.165) is 10.9 Å². The fraction of sp³-hybridized carbons (Fsp3) is 0.188. The Hall–Kier alpha value is -3.09. The van der Waals surface area contributed by atoms with E-state index in [1.54, 1.807) is 38.7 Å². The lowest BCUT2D eigenvalue weighted by Gasteiger charge is -2.11. The molecule has 7 heteroatoms. The van der Waals surface area contributed by atoms with Crippen LogP contribution in [0.15, 0.2) is 36.7 Å². The summed E-state index contributed by atoms with van der Waals surface area (Å²) in [5.41, 5.74) is 7.76. The molecule has 7 nitrogen and oxygen atoms in total. The predicted molar refractivity (Wildman–Crippen MR) is 88.6 cm³/mol. The average molecular weight is 311 g/mol. The second kappa shape index (κ2) is 6.35. The zero-order chi connectivity index (χ0) is 16.2. The number of nitrogens with zero attached hydrogens (tertiary/aromatic N) is 3. The standard InChI is InChI=1S/C16H17N5O2/c1-22-13-6-11-12(7-14(13)23-2)20-16(21-15(11)17)19-9-10-4-3-5-18-8-10/h3-8H,9H2,1-2H3,(H3,17,19,20,21). The first-order valence-electron chi connectivity index (χ1n) is 7.03. The Balaban J connectivity index is 1.93. The molecular formula is C16H17N5O2. The van der Waals surface area contributed by atoms with Crippen LogP contribution >= 0.6 is 0 Å². The summed E-state index contributed by atoms with van der Waals surface area (Å²) in [5.74, 6) is 2.01. The lowest BCUT2D eigenvalue weighted by Crippen LogP contribution is -2.06. The van der Waals surface area contributed by atoms with Crippen LogP contribution in [0.25, 0.3) is 10.9 Å². The highest BCUT2D eigenvalue weighted by Gasteiger charge is 2.11. The minimum absolute atomic E-state index is 0.379. The summed E-state index contributed by atoms with van der Waals surface area (Å²) in [5, 5.41) is 3.86. The number of hydrogen-bond donors (Lipinski definition) is 2. The highest BCUT2D eigenvalue weighted by Crippen LogP contribution is 2.33. The van der Waals surface area contributed by atoms with Crippen molar-refractivity contribution in [3.63, 3.8) is 0 Å². The molecule has 0 aliphatic rings. The molecule has 3 rings (SSSR count). The van der Waals surface area contributed by atoms with Crippen LogP contribution in [0.3, 0.4) is 0 Å². The Morgan fingerprint density at radius 1 is 1.13 bits per heavy atom. The van der Waals surface area contributed by atoms with Crippen LogP contribution in [0.4, 0.5) is 11.8 Å². The SMILES string of the molecule is COc1cc2nc(NCc3cccnc3)nc(N)c2cc1OC. The number of pyridine rings is 1. The van der Waals surface area contributed by atoms with E-state index >= 15 is 0 Å². The maximum absolute atomic E-state index is 6.04. The van der Waals surface area contributed by atoms with E-state index in [0.29, 0.717) is 35.3 Å². The maximum Gasteiger partial charge on any atom is 0.225 e. The van der Waals surface area contributed by atoms with Crippen molar-refractivity contribution < 1.29 is 9.47 Å². The Kier molecular flexibility index (Phi) is 4.09. The third-order valence-corrected chi connectivity index (χ3v) is 3.40. The summed E-state index contributed by atoms with van der Waals surface area (Å²) in [6, 6.07) is 7.40. The Bertz CT molecular complexity index is 824. The molecule has 2 aromatic heterocycles. The van der Waals surface area contributed by atoms with Crippen LogP contribution in [-0.2, 0) is 6.54 Å². The highest BCUT2D eigenvalue weighted by atomic mass is 16.5. The number of fused-ring (bicyclic) bond motifs is 1. The van der Waals surface area contributed by atoms with Crippen molar-refractivity contribution in [1.82, 2.24) is 15.0 Å². The molecule has 118 valence electrons. The maximum atomic E-state index is 6.04. The first-order valence-corrected chi connectivity index (χ1v) is 7.03. The van der Waals surface area contributed by atoms with E-state index in [9.17, 15) is 0 Å². The Morgan fingerprint density at radius 3 is 2.61 bits per heavy atom. The first kappa shape index (κ1) is 14.8. The molecule has 0 aliphatic heterocycles. The molecule has 0 saturated carbocycles. The molecule has 0 unspecified atom stereocenters. The van der Waals surface area contributed by atoms with Crippen molar-refractivity contribution in [2.45, 2.75) is 6.54 Å². The third kappa shape index (κ3) is 3.08. The number of methoxy groups -OCH3 is 2. The number of benzene rings is 1. The molecular weight excluding hydrogens is 294 g/mol. The summed E-state index contributed by atoms with van der Waals surface area (Å²) in [6.45, 7) is 0.562. The van der Waals surface area contributed by atoms with Crippen LogP contribution in [0.5, 0.6) is 11.5 Å². The molecule has 0 amide bonds. The van der Waals surface area contributed by atoms with E-state index in [-0.39, 0.29) is 0 Å². The third-order valence-electron chi connectivity index (χ3n) is 3.40. The number of hydrogen-bond acceptors (Lipinski definition) is 7.